The highest BCUT2D eigenvalue weighted by Crippen LogP contribution is 2.29. The molecular formula is C31H31ClF2N6O2. The van der Waals surface area contributed by atoms with E-state index in [1.54, 1.807) is 30.3 Å². The number of aromatic nitrogens is 1. The van der Waals surface area contributed by atoms with Gasteiger partial charge in [-0.05, 0) is 67.8 Å². The van der Waals surface area contributed by atoms with E-state index < -0.39 is 17.5 Å². The summed E-state index contributed by atoms with van der Waals surface area (Å²) in [6.07, 6.45) is 3.25. The van der Waals surface area contributed by atoms with Crippen LogP contribution in [-0.4, -0.2) is 71.4 Å². The van der Waals surface area contributed by atoms with E-state index in [-0.39, 0.29) is 24.1 Å². The van der Waals surface area contributed by atoms with Gasteiger partial charge in [0.05, 0.1) is 22.2 Å². The number of carbonyl (C=O) groups is 2. The molecule has 0 radical (unpaired) electrons. The summed E-state index contributed by atoms with van der Waals surface area (Å²) in [5.41, 5.74) is 1.85. The number of carbonyl (C=O) groups excluding carboxylic acids is 2. The van der Waals surface area contributed by atoms with Crippen molar-refractivity contribution in [2.45, 2.75) is 38.4 Å². The second-order valence-electron chi connectivity index (χ2n) is 10.7. The number of piperazine rings is 1. The van der Waals surface area contributed by atoms with Crippen molar-refractivity contribution < 1.29 is 18.4 Å². The smallest absolute Gasteiger partial charge is 0.253 e. The summed E-state index contributed by atoms with van der Waals surface area (Å²) >= 11 is 6.57. The molecule has 3 aromatic rings. The lowest BCUT2D eigenvalue weighted by Gasteiger charge is -2.46. The average Bonchev–Trinajstić information content (AvgIpc) is 3.01. The zero-order chi connectivity index (χ0) is 29.8. The molecule has 2 amide bonds. The van der Waals surface area contributed by atoms with Gasteiger partial charge in [-0.25, -0.2) is 13.8 Å². The van der Waals surface area contributed by atoms with Crippen LogP contribution in [-0.2, 0) is 6.54 Å². The van der Waals surface area contributed by atoms with Gasteiger partial charge in [0.15, 0.2) is 11.6 Å². The molecule has 1 N–H and O–H groups in total. The van der Waals surface area contributed by atoms with Crippen LogP contribution in [0.2, 0.25) is 5.02 Å². The Labute approximate surface area is 248 Å². The maximum Gasteiger partial charge on any atom is 0.253 e. The van der Waals surface area contributed by atoms with Crippen LogP contribution in [0.25, 0.3) is 0 Å². The normalized spacial score (nSPS) is 18.0. The molecule has 2 aliphatic rings. The molecule has 0 bridgehead atoms. The lowest BCUT2D eigenvalue weighted by molar-refractivity contribution is 0.0525. The number of rotatable bonds is 6. The minimum absolute atomic E-state index is 0.00185. The Morgan fingerprint density at radius 1 is 1.02 bits per heavy atom. The highest BCUT2D eigenvalue weighted by molar-refractivity contribution is 6.33. The largest absolute Gasteiger partial charge is 0.353 e. The number of anilines is 1. The zero-order valence-electron chi connectivity index (χ0n) is 23.2. The number of pyridine rings is 1. The Morgan fingerprint density at radius 2 is 1.76 bits per heavy atom. The number of hydrogen-bond acceptors (Lipinski definition) is 6. The summed E-state index contributed by atoms with van der Waals surface area (Å²) in [6.45, 7) is 5.85. The van der Waals surface area contributed by atoms with Crippen LogP contribution in [0.3, 0.4) is 0 Å². The van der Waals surface area contributed by atoms with E-state index in [9.17, 15) is 18.4 Å². The maximum absolute atomic E-state index is 13.4. The first-order chi connectivity index (χ1) is 20.2. The molecule has 2 aromatic carbocycles. The van der Waals surface area contributed by atoms with Gasteiger partial charge in [0.25, 0.3) is 11.8 Å². The summed E-state index contributed by atoms with van der Waals surface area (Å²) in [6, 6.07) is 14.5. The first kappa shape index (κ1) is 29.4. The van der Waals surface area contributed by atoms with Gasteiger partial charge in [-0.15, -0.1) is 0 Å². The molecule has 0 aliphatic carbocycles. The molecule has 0 spiro atoms. The van der Waals surface area contributed by atoms with Crippen LogP contribution >= 0.6 is 11.6 Å². The van der Waals surface area contributed by atoms with E-state index in [1.807, 2.05) is 4.90 Å². The van der Waals surface area contributed by atoms with Crippen molar-refractivity contribution in [3.63, 3.8) is 0 Å². The van der Waals surface area contributed by atoms with E-state index in [0.717, 1.165) is 44.6 Å². The van der Waals surface area contributed by atoms with Crippen molar-refractivity contribution in [1.29, 1.82) is 5.26 Å². The number of nitriles is 1. The van der Waals surface area contributed by atoms with Crippen LogP contribution in [0.1, 0.15) is 51.6 Å². The first-order valence-electron chi connectivity index (χ1n) is 13.9. The summed E-state index contributed by atoms with van der Waals surface area (Å²) in [5.74, 6) is -1.71. The highest BCUT2D eigenvalue weighted by atomic mass is 35.5. The number of hydrogen-bond donors (Lipinski definition) is 1. The molecular weight excluding hydrogens is 562 g/mol. The van der Waals surface area contributed by atoms with Gasteiger partial charge in [-0.2, -0.15) is 5.26 Å². The van der Waals surface area contributed by atoms with Crippen LogP contribution in [0.5, 0.6) is 0 Å². The van der Waals surface area contributed by atoms with Crippen molar-refractivity contribution in [2.24, 2.45) is 0 Å². The Hall–Kier alpha value is -4.07. The Morgan fingerprint density at radius 3 is 2.40 bits per heavy atom. The highest BCUT2D eigenvalue weighted by Gasteiger charge is 2.33. The minimum atomic E-state index is -0.967. The Balaban J connectivity index is 1.13. The summed E-state index contributed by atoms with van der Waals surface area (Å²) in [4.78, 5) is 36.5. The number of benzene rings is 2. The van der Waals surface area contributed by atoms with Crippen LogP contribution in [0.4, 0.5) is 14.6 Å². The summed E-state index contributed by atoms with van der Waals surface area (Å²) in [5, 5.41) is 12.0. The molecule has 2 fully saturated rings. The monoisotopic (exact) mass is 592 g/mol. The van der Waals surface area contributed by atoms with Crippen molar-refractivity contribution in [1.82, 2.24) is 20.1 Å². The Bertz CT molecular complexity index is 1500. The van der Waals surface area contributed by atoms with Crippen LogP contribution < -0.4 is 10.2 Å². The third-order valence-electron chi connectivity index (χ3n) is 7.98. The third kappa shape index (κ3) is 6.53. The molecule has 3 heterocycles. The van der Waals surface area contributed by atoms with E-state index in [1.165, 1.54) is 12.3 Å². The van der Waals surface area contributed by atoms with Crippen molar-refractivity contribution >= 4 is 29.2 Å². The molecule has 42 heavy (non-hydrogen) atoms. The van der Waals surface area contributed by atoms with Crippen molar-refractivity contribution in [2.75, 3.05) is 37.6 Å². The lowest BCUT2D eigenvalue weighted by Crippen LogP contribution is -2.58. The minimum Gasteiger partial charge on any atom is -0.353 e. The van der Waals surface area contributed by atoms with E-state index in [0.29, 0.717) is 46.7 Å². The standard InChI is InChI=1S/C31H31ClF2N6O2/c1-20-19-39(29-26(32)15-24(18-36-29)30(41)37-17-22-4-7-27(33)28(34)14-22)12-13-40(20)25-8-10-38(11-9-25)31(42)23-5-2-21(16-35)3-6-23/h2-7,14-15,18,20,25H,8-13,17,19H2,1H3,(H,37,41)/t20-/m0/s1. The average molecular weight is 593 g/mol. The molecule has 1 aromatic heterocycles. The van der Waals surface area contributed by atoms with E-state index in [2.05, 4.69) is 33.1 Å². The third-order valence-corrected chi connectivity index (χ3v) is 8.26. The molecule has 11 heteroatoms. The predicted octanol–water partition coefficient (Wildman–Crippen LogP) is 4.63. The fraction of sp³-hybridized carbons (Fsp3) is 0.355. The molecule has 0 saturated carbocycles. The molecule has 8 nitrogen and oxygen atoms in total. The number of amides is 2. The topological polar surface area (TPSA) is 92.6 Å². The Kier molecular flexibility index (Phi) is 9.00. The summed E-state index contributed by atoms with van der Waals surface area (Å²) in [7, 11) is 0. The second-order valence-corrected chi connectivity index (χ2v) is 11.1. The van der Waals surface area contributed by atoms with Gasteiger partial charge >= 0.3 is 0 Å². The quantitative estimate of drug-likeness (QED) is 0.449. The van der Waals surface area contributed by atoms with Crippen molar-refractivity contribution in [3.05, 3.63) is 93.6 Å². The van der Waals surface area contributed by atoms with Gasteiger partial charge in [-0.3, -0.25) is 14.5 Å². The number of likely N-dealkylation sites (tertiary alicyclic amines) is 1. The maximum atomic E-state index is 13.4. The van der Waals surface area contributed by atoms with Gasteiger partial charge in [0, 0.05) is 63.1 Å². The molecule has 2 saturated heterocycles. The number of nitrogens with one attached hydrogen (secondary N) is 1. The molecule has 2 aliphatic heterocycles. The van der Waals surface area contributed by atoms with Gasteiger partial charge in [0.2, 0.25) is 0 Å². The molecule has 1 atom stereocenters. The van der Waals surface area contributed by atoms with Gasteiger partial charge in [-0.1, -0.05) is 17.7 Å². The molecule has 0 unspecified atom stereocenters. The fourth-order valence-electron chi connectivity index (χ4n) is 5.70. The number of piperidine rings is 1. The van der Waals surface area contributed by atoms with Crippen LogP contribution in [0, 0.1) is 23.0 Å². The van der Waals surface area contributed by atoms with Crippen LogP contribution in [0.15, 0.2) is 54.7 Å². The van der Waals surface area contributed by atoms with Gasteiger partial charge in [0.1, 0.15) is 5.82 Å². The first-order valence-corrected chi connectivity index (χ1v) is 14.3. The zero-order valence-corrected chi connectivity index (χ0v) is 24.0. The van der Waals surface area contributed by atoms with Crippen molar-refractivity contribution in [3.8, 4) is 6.07 Å². The number of halogens is 3. The fourth-order valence-corrected chi connectivity index (χ4v) is 5.98. The van der Waals surface area contributed by atoms with E-state index >= 15 is 0 Å². The SMILES string of the molecule is C[C@H]1CN(c2ncc(C(=O)NCc3ccc(F)c(F)c3)cc2Cl)CCN1C1CCN(C(=O)c2ccc(C#N)cc2)CC1. The summed E-state index contributed by atoms with van der Waals surface area (Å²) < 4.78 is 26.6. The second kappa shape index (κ2) is 12.8. The lowest BCUT2D eigenvalue weighted by atomic mass is 9.99. The molecule has 5 rings (SSSR count). The predicted molar refractivity (Wildman–Crippen MR) is 155 cm³/mol. The number of nitrogens with zero attached hydrogens (tertiary/aromatic N) is 5. The van der Waals surface area contributed by atoms with Gasteiger partial charge < -0.3 is 15.1 Å². The van der Waals surface area contributed by atoms with E-state index in [4.69, 9.17) is 16.9 Å². The molecule has 218 valence electrons.